The molecule has 0 saturated heterocycles. The maximum Gasteiger partial charge on any atom is 0.347 e. The number of carbonyl (C=O) groups is 2. The van der Waals surface area contributed by atoms with Crippen molar-refractivity contribution in [1.82, 2.24) is 0 Å². The standard InChI is InChI=1S/C34H42O6/c1-4-6-8-10-24-37-30-18-16-28(17-19-30)27-12-14-29(15-13-27)34(36)40-32-22-20-31(21-23-32)39-26(3)33(35)38-25-11-9-7-5-2/h12-23,26H,4-11,24-25H2,1-3H3. The monoisotopic (exact) mass is 546 g/mol. The van der Waals surface area contributed by atoms with Crippen LogP contribution in [0.4, 0.5) is 0 Å². The number of ether oxygens (including phenoxy) is 4. The molecule has 0 spiro atoms. The van der Waals surface area contributed by atoms with E-state index in [1.165, 1.54) is 19.3 Å². The van der Waals surface area contributed by atoms with E-state index in [0.717, 1.165) is 55.6 Å². The molecule has 0 aliphatic heterocycles. The molecule has 3 rings (SSSR count). The van der Waals surface area contributed by atoms with E-state index in [-0.39, 0.29) is 0 Å². The lowest BCUT2D eigenvalue weighted by Crippen LogP contribution is -2.26. The van der Waals surface area contributed by atoms with E-state index in [2.05, 4.69) is 13.8 Å². The van der Waals surface area contributed by atoms with Crippen molar-refractivity contribution in [3.05, 3.63) is 78.4 Å². The van der Waals surface area contributed by atoms with Crippen LogP contribution in [-0.4, -0.2) is 31.3 Å². The summed E-state index contributed by atoms with van der Waals surface area (Å²) in [7, 11) is 0. The van der Waals surface area contributed by atoms with E-state index >= 15 is 0 Å². The minimum absolute atomic E-state index is 0.387. The van der Waals surface area contributed by atoms with E-state index in [0.29, 0.717) is 23.7 Å². The molecular weight excluding hydrogens is 504 g/mol. The maximum atomic E-state index is 12.7. The van der Waals surface area contributed by atoms with E-state index in [9.17, 15) is 9.59 Å². The van der Waals surface area contributed by atoms with Gasteiger partial charge < -0.3 is 18.9 Å². The van der Waals surface area contributed by atoms with Gasteiger partial charge >= 0.3 is 11.9 Å². The lowest BCUT2D eigenvalue weighted by Gasteiger charge is -2.14. The topological polar surface area (TPSA) is 71.1 Å². The molecule has 1 unspecified atom stereocenters. The fraction of sp³-hybridized carbons (Fsp3) is 0.412. The van der Waals surface area contributed by atoms with Crippen molar-refractivity contribution in [1.29, 1.82) is 0 Å². The summed E-state index contributed by atoms with van der Waals surface area (Å²) in [6, 6.07) is 21.9. The highest BCUT2D eigenvalue weighted by Gasteiger charge is 2.16. The fourth-order valence-electron chi connectivity index (χ4n) is 4.08. The van der Waals surface area contributed by atoms with Gasteiger partial charge in [-0.05, 0) is 79.4 Å². The molecule has 0 radical (unpaired) electrons. The summed E-state index contributed by atoms with van der Waals surface area (Å²) >= 11 is 0. The first-order valence-electron chi connectivity index (χ1n) is 14.5. The van der Waals surface area contributed by atoms with Crippen molar-refractivity contribution in [2.24, 2.45) is 0 Å². The molecule has 1 atom stereocenters. The summed E-state index contributed by atoms with van der Waals surface area (Å²) in [6.45, 7) is 7.13. The highest BCUT2D eigenvalue weighted by molar-refractivity contribution is 5.91. The molecule has 40 heavy (non-hydrogen) atoms. The Morgan fingerprint density at radius 1 is 0.625 bits per heavy atom. The van der Waals surface area contributed by atoms with Crippen LogP contribution in [0, 0.1) is 0 Å². The molecular formula is C34H42O6. The molecule has 6 heteroatoms. The van der Waals surface area contributed by atoms with Gasteiger partial charge in [0.05, 0.1) is 18.8 Å². The molecule has 0 aromatic heterocycles. The zero-order chi connectivity index (χ0) is 28.6. The van der Waals surface area contributed by atoms with Gasteiger partial charge in [-0.1, -0.05) is 76.6 Å². The Bertz CT molecular complexity index is 1150. The highest BCUT2D eigenvalue weighted by atomic mass is 16.6. The first-order valence-corrected chi connectivity index (χ1v) is 14.5. The third-order valence-electron chi connectivity index (χ3n) is 6.50. The predicted octanol–water partition coefficient (Wildman–Crippen LogP) is 8.42. The molecule has 0 saturated carbocycles. The van der Waals surface area contributed by atoms with Gasteiger partial charge in [0.1, 0.15) is 17.2 Å². The number of hydrogen-bond acceptors (Lipinski definition) is 6. The Hall–Kier alpha value is -3.80. The Labute approximate surface area is 238 Å². The van der Waals surface area contributed by atoms with Gasteiger partial charge in [-0.3, -0.25) is 0 Å². The molecule has 0 aliphatic rings. The number of rotatable bonds is 17. The zero-order valence-electron chi connectivity index (χ0n) is 24.0. The van der Waals surface area contributed by atoms with Crippen molar-refractivity contribution in [2.45, 2.75) is 78.2 Å². The van der Waals surface area contributed by atoms with Crippen LogP contribution in [0.15, 0.2) is 72.8 Å². The van der Waals surface area contributed by atoms with Crippen LogP contribution in [0.25, 0.3) is 11.1 Å². The Morgan fingerprint density at radius 3 is 1.75 bits per heavy atom. The molecule has 3 aromatic rings. The van der Waals surface area contributed by atoms with Crippen molar-refractivity contribution >= 4 is 11.9 Å². The summed E-state index contributed by atoms with van der Waals surface area (Å²) in [6.07, 6.45) is 8.17. The second-order valence-corrected chi connectivity index (χ2v) is 9.86. The number of unbranched alkanes of at least 4 members (excludes halogenated alkanes) is 6. The van der Waals surface area contributed by atoms with E-state index in [1.54, 1.807) is 43.3 Å². The Kier molecular flexibility index (Phi) is 13.1. The molecule has 0 bridgehead atoms. The van der Waals surface area contributed by atoms with Crippen LogP contribution >= 0.6 is 0 Å². The first kappa shape index (κ1) is 30.7. The van der Waals surface area contributed by atoms with Gasteiger partial charge in [-0.25, -0.2) is 9.59 Å². The fourth-order valence-corrected chi connectivity index (χ4v) is 4.08. The molecule has 0 aliphatic carbocycles. The number of benzene rings is 3. The molecule has 0 N–H and O–H groups in total. The summed E-state index contributed by atoms with van der Waals surface area (Å²) < 4.78 is 22.3. The Balaban J connectivity index is 1.45. The van der Waals surface area contributed by atoms with Gasteiger partial charge in [-0.2, -0.15) is 0 Å². The lowest BCUT2D eigenvalue weighted by molar-refractivity contribution is -0.151. The van der Waals surface area contributed by atoms with E-state index in [1.807, 2.05) is 36.4 Å². The Morgan fingerprint density at radius 2 is 1.15 bits per heavy atom. The summed E-state index contributed by atoms with van der Waals surface area (Å²) in [5, 5.41) is 0. The van der Waals surface area contributed by atoms with Gasteiger partial charge in [0.25, 0.3) is 0 Å². The van der Waals surface area contributed by atoms with Crippen LogP contribution in [0.5, 0.6) is 17.2 Å². The summed E-state index contributed by atoms with van der Waals surface area (Å²) in [4.78, 5) is 24.8. The van der Waals surface area contributed by atoms with Crippen molar-refractivity contribution in [3.8, 4) is 28.4 Å². The van der Waals surface area contributed by atoms with Crippen molar-refractivity contribution in [3.63, 3.8) is 0 Å². The summed E-state index contributed by atoms with van der Waals surface area (Å²) in [5.74, 6) is 0.902. The average molecular weight is 547 g/mol. The maximum absolute atomic E-state index is 12.7. The molecule has 0 heterocycles. The average Bonchev–Trinajstić information content (AvgIpc) is 2.98. The van der Waals surface area contributed by atoms with Crippen LogP contribution in [0.2, 0.25) is 0 Å². The van der Waals surface area contributed by atoms with Crippen molar-refractivity contribution < 1.29 is 28.5 Å². The number of esters is 2. The first-order chi connectivity index (χ1) is 19.5. The second kappa shape index (κ2) is 17.0. The normalized spacial score (nSPS) is 11.5. The van der Waals surface area contributed by atoms with E-state index < -0.39 is 18.0 Å². The third-order valence-corrected chi connectivity index (χ3v) is 6.50. The second-order valence-electron chi connectivity index (χ2n) is 9.86. The highest BCUT2D eigenvalue weighted by Crippen LogP contribution is 2.24. The molecule has 214 valence electrons. The van der Waals surface area contributed by atoms with Crippen molar-refractivity contribution in [2.75, 3.05) is 13.2 Å². The van der Waals surface area contributed by atoms with Gasteiger partial charge in [0.2, 0.25) is 0 Å². The van der Waals surface area contributed by atoms with E-state index in [4.69, 9.17) is 18.9 Å². The number of hydrogen-bond donors (Lipinski definition) is 0. The zero-order valence-corrected chi connectivity index (χ0v) is 24.0. The number of carbonyl (C=O) groups excluding carboxylic acids is 2. The van der Waals surface area contributed by atoms with Crippen LogP contribution in [-0.2, 0) is 9.53 Å². The lowest BCUT2D eigenvalue weighted by atomic mass is 10.0. The summed E-state index contributed by atoms with van der Waals surface area (Å²) in [5.41, 5.74) is 2.50. The van der Waals surface area contributed by atoms with Crippen LogP contribution in [0.3, 0.4) is 0 Å². The minimum Gasteiger partial charge on any atom is -0.494 e. The van der Waals surface area contributed by atoms with Gasteiger partial charge in [0, 0.05) is 0 Å². The quantitative estimate of drug-likeness (QED) is 0.0961. The van der Waals surface area contributed by atoms with Gasteiger partial charge in [-0.15, -0.1) is 0 Å². The van der Waals surface area contributed by atoms with Crippen LogP contribution in [0.1, 0.15) is 82.5 Å². The molecule has 0 amide bonds. The molecule has 6 nitrogen and oxygen atoms in total. The smallest absolute Gasteiger partial charge is 0.347 e. The predicted molar refractivity (Wildman–Crippen MR) is 158 cm³/mol. The SMILES string of the molecule is CCCCCCOC(=O)C(C)Oc1ccc(OC(=O)c2ccc(-c3ccc(OCCCCCC)cc3)cc2)cc1. The minimum atomic E-state index is -0.725. The molecule has 0 fully saturated rings. The molecule has 3 aromatic carbocycles. The third kappa shape index (κ3) is 10.4. The van der Waals surface area contributed by atoms with Gasteiger partial charge in [0.15, 0.2) is 6.10 Å². The largest absolute Gasteiger partial charge is 0.494 e. The van der Waals surface area contributed by atoms with Crippen LogP contribution < -0.4 is 14.2 Å².